The van der Waals surface area contributed by atoms with Crippen LogP contribution in [0.25, 0.3) is 30.4 Å². The van der Waals surface area contributed by atoms with Crippen molar-refractivity contribution in [2.24, 2.45) is 0 Å². The van der Waals surface area contributed by atoms with Crippen molar-refractivity contribution >= 4 is 70.7 Å². The maximum Gasteiger partial charge on any atom is 0.344 e. The molecular weight excluding hydrogens is 1230 g/mol. The first-order valence-electron chi connectivity index (χ1n) is 29.3. The quantitative estimate of drug-likeness (QED) is 0.0122. The summed E-state index contributed by atoms with van der Waals surface area (Å²) in [5.41, 5.74) is 0.698. The van der Waals surface area contributed by atoms with Crippen molar-refractivity contribution in [3.63, 3.8) is 0 Å². The number of halogens is 6. The van der Waals surface area contributed by atoms with Crippen LogP contribution in [0.3, 0.4) is 0 Å². The molecule has 5 aromatic rings. The first-order chi connectivity index (χ1) is 43.9. The molecule has 480 valence electrons. The molecule has 0 fully saturated rings. The number of anilines is 1. The molecule has 0 saturated carbocycles. The lowest BCUT2D eigenvalue weighted by molar-refractivity contribution is 0.0503. The van der Waals surface area contributed by atoms with E-state index in [-0.39, 0.29) is 65.8 Å². The SMILES string of the molecule is CCCCOc1c(/C=C/C2=C(C#N)C(=C(C#N)C#N)OC2(C)C)sc(/C=C/c2sc(/C=C/c3ccc(N(CCOC(=O)c4ccc(OC(F)=C(F)F)cc4)CCOC(=O)c4ccc(OC(F)=C(F)F)cc4)cc3)c(OCCCC)c2OCCCC)c1OCCCC. The van der Waals surface area contributed by atoms with E-state index < -0.39 is 41.7 Å². The molecule has 0 N–H and O–H groups in total. The Bertz CT molecular complexity index is 3550. The summed E-state index contributed by atoms with van der Waals surface area (Å²) in [6.45, 7) is 13.3. The lowest BCUT2D eigenvalue weighted by Crippen LogP contribution is -2.32. The van der Waals surface area contributed by atoms with Gasteiger partial charge in [-0.15, -0.1) is 22.7 Å². The highest BCUT2D eigenvalue weighted by Gasteiger charge is 2.39. The van der Waals surface area contributed by atoms with Crippen molar-refractivity contribution in [2.75, 3.05) is 57.6 Å². The van der Waals surface area contributed by atoms with Crippen LogP contribution in [0, 0.1) is 34.0 Å². The lowest BCUT2D eigenvalue weighted by atomic mass is 9.94. The normalized spacial score (nSPS) is 12.5. The highest BCUT2D eigenvalue weighted by atomic mass is 32.1. The van der Waals surface area contributed by atoms with E-state index in [1.165, 1.54) is 46.9 Å². The van der Waals surface area contributed by atoms with Crippen molar-refractivity contribution in [1.82, 2.24) is 0 Å². The third kappa shape index (κ3) is 20.3. The molecule has 0 unspecified atom stereocenters. The predicted molar refractivity (Wildman–Crippen MR) is 337 cm³/mol. The van der Waals surface area contributed by atoms with Gasteiger partial charge in [0, 0.05) is 11.3 Å². The van der Waals surface area contributed by atoms with Crippen molar-refractivity contribution in [2.45, 2.75) is 98.5 Å². The number of carbonyl (C=O) groups is 2. The number of esters is 2. The smallest absolute Gasteiger partial charge is 0.344 e. The van der Waals surface area contributed by atoms with Gasteiger partial charge in [-0.25, -0.2) is 9.59 Å². The molecule has 0 atom stereocenters. The molecule has 3 aromatic carbocycles. The summed E-state index contributed by atoms with van der Waals surface area (Å²) in [6, 6.07) is 18.4. The summed E-state index contributed by atoms with van der Waals surface area (Å²) < 4.78 is 129. The van der Waals surface area contributed by atoms with Gasteiger partial charge in [-0.1, -0.05) is 77.7 Å². The Morgan fingerprint density at radius 2 is 0.901 bits per heavy atom. The number of rotatable bonds is 35. The van der Waals surface area contributed by atoms with E-state index in [1.54, 1.807) is 24.8 Å². The van der Waals surface area contributed by atoms with Crippen molar-refractivity contribution < 1.29 is 78.6 Å². The van der Waals surface area contributed by atoms with E-state index in [1.807, 2.05) is 66.8 Å². The number of carbonyl (C=O) groups excluding carboxylic acids is 2. The van der Waals surface area contributed by atoms with Crippen LogP contribution < -0.4 is 33.3 Å². The summed E-state index contributed by atoms with van der Waals surface area (Å²) >= 11 is 2.90. The van der Waals surface area contributed by atoms with Gasteiger partial charge >= 0.3 is 36.1 Å². The monoisotopic (exact) mass is 1290 g/mol. The molecular formula is C68H68F6N4O11S2. The van der Waals surface area contributed by atoms with E-state index in [0.29, 0.717) is 65.6 Å². The Morgan fingerprint density at radius 3 is 1.25 bits per heavy atom. The Morgan fingerprint density at radius 1 is 0.527 bits per heavy atom. The standard InChI is InChI=1S/C68H68F6N4O11S2/c1-7-11-35-81-58-53(90-55(60(58)83-37-13-9-3)31-32-56-61(84-38-14-10-4)59(82-36-12-8-2)54(91-56)30-28-52-51(43-77)57(47(41-75)42-76)89-68(52,5)6)29-17-44-15-22-48(23-16-44)78(33-39-85-66(79)45-18-24-49(25-19-45)87-64(73)62(69)70)34-40-86-67(80)46-20-26-50(27-21-46)88-65(74)63(71)72/h15-32H,7-14,33-40H2,1-6H3/b29-17+,30-28+,32-31+. The van der Waals surface area contributed by atoms with Crippen LogP contribution in [0.2, 0.25) is 0 Å². The lowest BCUT2D eigenvalue weighted by Gasteiger charge is -2.24. The average molecular weight is 1300 g/mol. The zero-order chi connectivity index (χ0) is 65.9. The zero-order valence-electron chi connectivity index (χ0n) is 51.1. The van der Waals surface area contributed by atoms with Crippen LogP contribution in [0.15, 0.2) is 126 Å². The Balaban J connectivity index is 1.32. The van der Waals surface area contributed by atoms with E-state index in [4.69, 9.17) is 33.2 Å². The summed E-state index contributed by atoms with van der Waals surface area (Å²) in [5, 5.41) is 29.6. The van der Waals surface area contributed by atoms with Crippen molar-refractivity contribution in [3.8, 4) is 52.7 Å². The molecule has 0 aliphatic carbocycles. The summed E-state index contributed by atoms with van der Waals surface area (Å²) in [6.07, 6.45) is 12.8. The van der Waals surface area contributed by atoms with Crippen LogP contribution in [0.4, 0.5) is 32.0 Å². The highest BCUT2D eigenvalue weighted by Crippen LogP contribution is 2.49. The topological polar surface area (TPSA) is 192 Å². The number of nitriles is 3. The molecule has 1 aliphatic rings. The molecule has 0 radical (unpaired) electrons. The van der Waals surface area contributed by atoms with E-state index >= 15 is 0 Å². The average Bonchev–Trinajstić information content (AvgIpc) is 1.66. The molecule has 3 heterocycles. The van der Waals surface area contributed by atoms with Gasteiger partial charge in [-0.3, -0.25) is 0 Å². The molecule has 0 spiro atoms. The van der Waals surface area contributed by atoms with E-state index in [9.17, 15) is 51.7 Å². The van der Waals surface area contributed by atoms with Gasteiger partial charge in [-0.05, 0) is 130 Å². The Labute approximate surface area is 533 Å². The number of unbranched alkanes of at least 4 members (excludes halogenated alkanes) is 4. The van der Waals surface area contributed by atoms with Crippen LogP contribution in [0.5, 0.6) is 34.5 Å². The summed E-state index contributed by atoms with van der Waals surface area (Å²) in [7, 11) is 0. The molecule has 1 aliphatic heterocycles. The number of allylic oxidation sites excluding steroid dienone is 2. The molecule has 2 aromatic heterocycles. The first-order valence-corrected chi connectivity index (χ1v) is 31.0. The van der Waals surface area contributed by atoms with Crippen molar-refractivity contribution in [1.29, 1.82) is 15.8 Å². The molecule has 23 heteroatoms. The maximum absolute atomic E-state index is 13.4. The molecule has 6 rings (SSSR count). The highest BCUT2D eigenvalue weighted by molar-refractivity contribution is 7.15. The fourth-order valence-electron chi connectivity index (χ4n) is 8.53. The number of thiophene rings is 2. The van der Waals surface area contributed by atoms with Crippen LogP contribution in [-0.4, -0.2) is 70.3 Å². The summed E-state index contributed by atoms with van der Waals surface area (Å²) in [5.74, 6) is 0.0632. The van der Waals surface area contributed by atoms with Gasteiger partial charge in [0.2, 0.25) is 0 Å². The molecule has 0 saturated heterocycles. The molecule has 15 nitrogen and oxygen atoms in total. The third-order valence-corrected chi connectivity index (χ3v) is 15.5. The fraction of sp³-hybridized carbons (Fsp3) is 0.338. The zero-order valence-corrected chi connectivity index (χ0v) is 52.7. The maximum atomic E-state index is 13.4. The number of hydrogen-bond donors (Lipinski definition) is 0. The minimum absolute atomic E-state index is 0.0236. The van der Waals surface area contributed by atoms with E-state index in [0.717, 1.165) is 95.8 Å². The number of hydrogen-bond acceptors (Lipinski definition) is 17. The molecule has 91 heavy (non-hydrogen) atoms. The minimum Gasteiger partial charge on any atom is -0.488 e. The van der Waals surface area contributed by atoms with Gasteiger partial charge in [0.25, 0.3) is 0 Å². The van der Waals surface area contributed by atoms with Gasteiger partial charge in [-0.2, -0.15) is 42.1 Å². The number of benzene rings is 3. The summed E-state index contributed by atoms with van der Waals surface area (Å²) in [4.78, 5) is 30.9. The van der Waals surface area contributed by atoms with Crippen LogP contribution in [0.1, 0.15) is 139 Å². The van der Waals surface area contributed by atoms with Crippen molar-refractivity contribution in [3.05, 3.63) is 162 Å². The van der Waals surface area contributed by atoms with Gasteiger partial charge in [0.1, 0.15) is 54.1 Å². The Hall–Kier alpha value is -9.37. The van der Waals surface area contributed by atoms with Gasteiger partial charge in [0.05, 0.1) is 70.2 Å². The second kappa shape index (κ2) is 35.7. The molecule has 0 bridgehead atoms. The molecule has 0 amide bonds. The van der Waals surface area contributed by atoms with Gasteiger partial charge < -0.3 is 47.5 Å². The van der Waals surface area contributed by atoms with Gasteiger partial charge in [0.15, 0.2) is 34.3 Å². The predicted octanol–water partition coefficient (Wildman–Crippen LogP) is 18.2. The second-order valence-corrected chi connectivity index (χ2v) is 22.6. The van der Waals surface area contributed by atoms with Crippen LogP contribution >= 0.6 is 22.7 Å². The Kier molecular flexibility index (Phi) is 27.8. The number of nitrogens with zero attached hydrogens (tertiary/aromatic N) is 4. The van der Waals surface area contributed by atoms with Crippen LogP contribution in [-0.2, 0) is 14.2 Å². The third-order valence-electron chi connectivity index (χ3n) is 13.3. The minimum atomic E-state index is -2.65. The van der Waals surface area contributed by atoms with E-state index in [2.05, 4.69) is 43.2 Å². The fourth-order valence-corrected chi connectivity index (χ4v) is 10.5. The largest absolute Gasteiger partial charge is 0.488 e. The number of ether oxygens (including phenoxy) is 9. The second-order valence-electron chi connectivity index (χ2n) is 20.4. The first kappa shape index (κ1) is 70.7.